The summed E-state index contributed by atoms with van der Waals surface area (Å²) in [5.74, 6) is -0.0591. The number of hydrogen-bond donors (Lipinski definition) is 4. The van der Waals surface area contributed by atoms with Crippen molar-refractivity contribution >= 4 is 35.2 Å². The number of rotatable bonds is 11. The number of carbonyl (C=O) groups excluding carboxylic acids is 3. The molecule has 0 saturated carbocycles. The second-order valence-electron chi connectivity index (χ2n) is 11.1. The predicted octanol–water partition coefficient (Wildman–Crippen LogP) is 3.39. The standard InChI is InChI=1S/C29H43N7O5/c1-7-22-25(32-20-12-15-40-16-13-20)35-26(23(34-22)24(30)37)33-21-10-8-9-19(17-21)11-14-31-27(38)18(2)36(6)28(39)41-29(3,4)5/h8-10,17-18,20H,7,11-16H2,1-6H3,(H2,30,37)(H,31,38)(H2,32,33,35)/t18-/m0/s1. The third-order valence-electron chi connectivity index (χ3n) is 6.64. The normalized spacial score (nSPS) is 14.6. The third kappa shape index (κ3) is 9.31. The van der Waals surface area contributed by atoms with Gasteiger partial charge in [-0.3, -0.25) is 14.5 Å². The van der Waals surface area contributed by atoms with Gasteiger partial charge in [0.1, 0.15) is 11.6 Å². The van der Waals surface area contributed by atoms with E-state index in [-0.39, 0.29) is 23.5 Å². The van der Waals surface area contributed by atoms with Gasteiger partial charge in [-0.1, -0.05) is 19.1 Å². The first-order valence-corrected chi connectivity index (χ1v) is 14.0. The Morgan fingerprint density at radius 1 is 1.17 bits per heavy atom. The van der Waals surface area contributed by atoms with Crippen LogP contribution in [0.25, 0.3) is 0 Å². The van der Waals surface area contributed by atoms with Gasteiger partial charge in [-0.2, -0.15) is 0 Å². The van der Waals surface area contributed by atoms with E-state index in [0.717, 1.165) is 18.4 Å². The van der Waals surface area contributed by atoms with E-state index in [2.05, 4.69) is 20.9 Å². The molecule has 1 aliphatic heterocycles. The molecule has 1 saturated heterocycles. The van der Waals surface area contributed by atoms with Gasteiger partial charge < -0.3 is 31.2 Å². The lowest BCUT2D eigenvalue weighted by Gasteiger charge is -2.28. The average molecular weight is 570 g/mol. The van der Waals surface area contributed by atoms with Gasteiger partial charge >= 0.3 is 6.09 Å². The minimum Gasteiger partial charge on any atom is -0.444 e. The lowest BCUT2D eigenvalue weighted by molar-refractivity contribution is -0.125. The van der Waals surface area contributed by atoms with Crippen molar-refractivity contribution in [1.29, 1.82) is 0 Å². The number of nitrogens with two attached hydrogens (primary N) is 1. The molecule has 12 nitrogen and oxygen atoms in total. The Bertz CT molecular complexity index is 1220. The molecule has 2 aromatic rings. The van der Waals surface area contributed by atoms with Crippen LogP contribution in [0.15, 0.2) is 24.3 Å². The van der Waals surface area contributed by atoms with Gasteiger partial charge in [-0.25, -0.2) is 14.8 Å². The molecule has 41 heavy (non-hydrogen) atoms. The number of aromatic nitrogens is 2. The van der Waals surface area contributed by atoms with Gasteiger partial charge in [-0.15, -0.1) is 0 Å². The summed E-state index contributed by atoms with van der Waals surface area (Å²) in [5.41, 5.74) is 7.39. The molecule has 1 fully saturated rings. The number of nitrogens with one attached hydrogen (secondary N) is 3. The first-order valence-electron chi connectivity index (χ1n) is 14.0. The topological polar surface area (TPSA) is 161 Å². The Balaban J connectivity index is 1.66. The Hall–Kier alpha value is -3.93. The second kappa shape index (κ2) is 14.1. The highest BCUT2D eigenvalue weighted by Gasteiger charge is 2.27. The first-order chi connectivity index (χ1) is 19.4. The summed E-state index contributed by atoms with van der Waals surface area (Å²) in [4.78, 5) is 47.7. The van der Waals surface area contributed by atoms with Gasteiger partial charge in [0.15, 0.2) is 17.3 Å². The number of ether oxygens (including phenoxy) is 2. The van der Waals surface area contributed by atoms with Gasteiger partial charge in [-0.05, 0) is 71.1 Å². The molecule has 3 amide bonds. The molecule has 0 spiro atoms. The van der Waals surface area contributed by atoms with Crippen molar-refractivity contribution in [3.63, 3.8) is 0 Å². The summed E-state index contributed by atoms with van der Waals surface area (Å²) in [7, 11) is 1.54. The summed E-state index contributed by atoms with van der Waals surface area (Å²) in [6.45, 7) is 10.7. The molecular formula is C29H43N7O5. The van der Waals surface area contributed by atoms with Crippen molar-refractivity contribution < 1.29 is 23.9 Å². The van der Waals surface area contributed by atoms with Crippen LogP contribution in [-0.2, 0) is 27.1 Å². The van der Waals surface area contributed by atoms with Gasteiger partial charge in [0.05, 0.1) is 5.69 Å². The minimum absolute atomic E-state index is 0.0696. The largest absolute Gasteiger partial charge is 0.444 e. The third-order valence-corrected chi connectivity index (χ3v) is 6.64. The van der Waals surface area contributed by atoms with Crippen LogP contribution in [0.3, 0.4) is 0 Å². The van der Waals surface area contributed by atoms with Crippen molar-refractivity contribution in [3.05, 3.63) is 41.2 Å². The van der Waals surface area contributed by atoms with Crippen molar-refractivity contribution in [2.75, 3.05) is 37.4 Å². The number of anilines is 3. The van der Waals surface area contributed by atoms with Crippen molar-refractivity contribution in [2.45, 2.75) is 78.0 Å². The zero-order chi connectivity index (χ0) is 30.2. The highest BCUT2D eigenvalue weighted by atomic mass is 16.6. The number of likely N-dealkylation sites (N-methyl/N-ethyl adjacent to an activating group) is 1. The Kier molecular flexibility index (Phi) is 10.9. The monoisotopic (exact) mass is 569 g/mol. The van der Waals surface area contributed by atoms with Crippen LogP contribution in [0.1, 0.15) is 69.2 Å². The van der Waals surface area contributed by atoms with E-state index in [1.807, 2.05) is 31.2 Å². The fraction of sp³-hybridized carbons (Fsp3) is 0.552. The van der Waals surface area contributed by atoms with Crippen LogP contribution >= 0.6 is 0 Å². The molecule has 0 aliphatic carbocycles. The smallest absolute Gasteiger partial charge is 0.410 e. The number of aryl methyl sites for hydroxylation is 1. The Labute approximate surface area is 241 Å². The average Bonchev–Trinajstić information content (AvgIpc) is 2.92. The maximum Gasteiger partial charge on any atom is 0.410 e. The van der Waals surface area contributed by atoms with E-state index >= 15 is 0 Å². The summed E-state index contributed by atoms with van der Waals surface area (Å²) in [6.07, 6.45) is 2.30. The number of amides is 3. The molecule has 1 aromatic heterocycles. The number of carbonyl (C=O) groups is 3. The highest BCUT2D eigenvalue weighted by molar-refractivity contribution is 5.96. The van der Waals surface area contributed by atoms with Gasteiger partial charge in [0.25, 0.3) is 5.91 Å². The lowest BCUT2D eigenvalue weighted by atomic mass is 10.1. The van der Waals surface area contributed by atoms with E-state index in [0.29, 0.717) is 49.8 Å². The summed E-state index contributed by atoms with van der Waals surface area (Å²) >= 11 is 0. The first kappa shape index (κ1) is 31.6. The fourth-order valence-corrected chi connectivity index (χ4v) is 4.21. The van der Waals surface area contributed by atoms with Crippen molar-refractivity contribution in [2.24, 2.45) is 5.73 Å². The zero-order valence-electron chi connectivity index (χ0n) is 24.9. The summed E-state index contributed by atoms with van der Waals surface area (Å²) in [6, 6.07) is 7.09. The quantitative estimate of drug-likeness (QED) is 0.318. The van der Waals surface area contributed by atoms with E-state index in [1.165, 1.54) is 11.9 Å². The highest BCUT2D eigenvalue weighted by Crippen LogP contribution is 2.25. The summed E-state index contributed by atoms with van der Waals surface area (Å²) < 4.78 is 10.8. The Morgan fingerprint density at radius 3 is 2.51 bits per heavy atom. The molecule has 12 heteroatoms. The minimum atomic E-state index is -0.696. The maximum atomic E-state index is 12.6. The van der Waals surface area contributed by atoms with Crippen LogP contribution in [0.2, 0.25) is 0 Å². The van der Waals surface area contributed by atoms with Crippen LogP contribution < -0.4 is 21.7 Å². The fourth-order valence-electron chi connectivity index (χ4n) is 4.21. The van der Waals surface area contributed by atoms with E-state index in [4.69, 9.17) is 20.2 Å². The van der Waals surface area contributed by atoms with Crippen LogP contribution in [0.4, 0.5) is 22.1 Å². The van der Waals surface area contributed by atoms with Gasteiger partial charge in [0.2, 0.25) is 5.91 Å². The second-order valence-corrected chi connectivity index (χ2v) is 11.1. The SMILES string of the molecule is CCc1nc(C(N)=O)c(Nc2cccc(CCNC(=O)[C@H](C)N(C)C(=O)OC(C)(C)C)c2)nc1NC1CCOCC1. The number of hydrogen-bond acceptors (Lipinski definition) is 9. The molecule has 1 aromatic carbocycles. The molecule has 5 N–H and O–H groups in total. The predicted molar refractivity (Wildman–Crippen MR) is 157 cm³/mol. The van der Waals surface area contributed by atoms with Crippen LogP contribution in [0, 0.1) is 0 Å². The molecule has 224 valence electrons. The molecule has 1 aliphatic rings. The molecule has 0 radical (unpaired) electrons. The van der Waals surface area contributed by atoms with Crippen LogP contribution in [-0.4, -0.2) is 77.3 Å². The number of primary amides is 1. The number of benzene rings is 1. The van der Waals surface area contributed by atoms with E-state index in [1.54, 1.807) is 27.7 Å². The van der Waals surface area contributed by atoms with Crippen molar-refractivity contribution in [3.8, 4) is 0 Å². The molecular weight excluding hydrogens is 526 g/mol. The maximum absolute atomic E-state index is 12.6. The molecule has 0 bridgehead atoms. The van der Waals surface area contributed by atoms with Crippen molar-refractivity contribution in [1.82, 2.24) is 20.2 Å². The molecule has 3 rings (SSSR count). The van der Waals surface area contributed by atoms with E-state index in [9.17, 15) is 14.4 Å². The molecule has 2 heterocycles. The molecule has 1 atom stereocenters. The van der Waals surface area contributed by atoms with E-state index < -0.39 is 23.6 Å². The lowest BCUT2D eigenvalue weighted by Crippen LogP contribution is -2.47. The summed E-state index contributed by atoms with van der Waals surface area (Å²) in [5, 5.41) is 9.53. The molecule has 0 unspecified atom stereocenters. The number of nitrogens with zero attached hydrogens (tertiary/aromatic N) is 3. The zero-order valence-corrected chi connectivity index (χ0v) is 24.9. The van der Waals surface area contributed by atoms with Gasteiger partial charge in [0, 0.05) is 38.5 Å². The Morgan fingerprint density at radius 2 is 1.88 bits per heavy atom. The van der Waals surface area contributed by atoms with Crippen LogP contribution in [0.5, 0.6) is 0 Å².